The topological polar surface area (TPSA) is 47.5 Å². The lowest BCUT2D eigenvalue weighted by Crippen LogP contribution is -2.32. The molecule has 5 nitrogen and oxygen atoms in total. The van der Waals surface area contributed by atoms with Gasteiger partial charge in [0.2, 0.25) is 0 Å². The van der Waals surface area contributed by atoms with Crippen LogP contribution in [0.25, 0.3) is 11.3 Å². The van der Waals surface area contributed by atoms with Gasteiger partial charge in [-0.2, -0.15) is 8.78 Å². The molecule has 0 unspecified atom stereocenters. The third-order valence-electron chi connectivity index (χ3n) is 3.55. The number of nitrogens with zero attached hydrogens (tertiary/aromatic N) is 3. The number of alkyl halides is 2. The minimum atomic E-state index is -3.09. The van der Waals surface area contributed by atoms with Crippen molar-refractivity contribution in [3.8, 4) is 17.0 Å². The lowest BCUT2D eigenvalue weighted by molar-refractivity contribution is -0.0521. The van der Waals surface area contributed by atoms with Crippen molar-refractivity contribution in [2.75, 3.05) is 19.9 Å². The van der Waals surface area contributed by atoms with Gasteiger partial charge in [0, 0.05) is 31.5 Å². The molecule has 1 fully saturated rings. The molecular weight excluding hydrogens is 323 g/mol. The van der Waals surface area contributed by atoms with Crippen LogP contribution in [0.5, 0.6) is 5.75 Å². The van der Waals surface area contributed by atoms with E-state index in [9.17, 15) is 13.2 Å². The Morgan fingerprint density at radius 2 is 2.17 bits per heavy atom. The summed E-state index contributed by atoms with van der Waals surface area (Å²) in [5, 5.41) is 0. The molecule has 2 heterocycles. The minimum Gasteiger partial charge on any atom is -0.432 e. The number of halogens is 3. The maximum Gasteiger partial charge on any atom is 0.387 e. The van der Waals surface area contributed by atoms with Crippen LogP contribution in [0.15, 0.2) is 30.6 Å². The maximum atomic E-state index is 13.5. The predicted octanol–water partition coefficient (Wildman–Crippen LogP) is 3.06. The molecule has 0 N–H and O–H groups in total. The van der Waals surface area contributed by atoms with Crippen molar-refractivity contribution in [3.63, 3.8) is 0 Å². The SMILES string of the molecule is Fc1ccc(-c2cncc(CN3CCCOC3)n2)cc1OC(F)F. The molecule has 128 valence electrons. The highest BCUT2D eigenvalue weighted by atomic mass is 19.3. The zero-order chi connectivity index (χ0) is 16.9. The molecule has 1 aromatic heterocycles. The van der Waals surface area contributed by atoms with Crippen LogP contribution in [-0.2, 0) is 11.3 Å². The molecule has 24 heavy (non-hydrogen) atoms. The normalized spacial score (nSPS) is 15.7. The third kappa shape index (κ3) is 4.21. The second-order valence-corrected chi connectivity index (χ2v) is 5.36. The molecule has 0 atom stereocenters. The van der Waals surface area contributed by atoms with Crippen molar-refractivity contribution in [2.45, 2.75) is 19.6 Å². The molecule has 0 aliphatic carbocycles. The second-order valence-electron chi connectivity index (χ2n) is 5.36. The Morgan fingerprint density at radius 1 is 1.29 bits per heavy atom. The van der Waals surface area contributed by atoms with Crippen LogP contribution in [0, 0.1) is 5.82 Å². The Morgan fingerprint density at radius 3 is 2.92 bits per heavy atom. The molecule has 0 bridgehead atoms. The van der Waals surface area contributed by atoms with Gasteiger partial charge >= 0.3 is 6.61 Å². The van der Waals surface area contributed by atoms with Gasteiger partial charge in [0.1, 0.15) is 0 Å². The molecule has 1 aliphatic rings. The van der Waals surface area contributed by atoms with Crippen LogP contribution in [0.4, 0.5) is 13.2 Å². The van der Waals surface area contributed by atoms with Crippen LogP contribution >= 0.6 is 0 Å². The molecule has 3 rings (SSSR count). The molecule has 2 aromatic rings. The number of benzene rings is 1. The summed E-state index contributed by atoms with van der Waals surface area (Å²) >= 11 is 0. The Labute approximate surface area is 137 Å². The van der Waals surface area contributed by atoms with Gasteiger partial charge in [0.15, 0.2) is 11.6 Å². The lowest BCUT2D eigenvalue weighted by Gasteiger charge is -2.26. The molecule has 1 saturated heterocycles. The van der Waals surface area contributed by atoms with E-state index >= 15 is 0 Å². The van der Waals surface area contributed by atoms with E-state index in [1.54, 1.807) is 6.20 Å². The highest BCUT2D eigenvalue weighted by Crippen LogP contribution is 2.26. The van der Waals surface area contributed by atoms with E-state index in [2.05, 4.69) is 19.6 Å². The first-order valence-electron chi connectivity index (χ1n) is 7.47. The van der Waals surface area contributed by atoms with Crippen molar-refractivity contribution < 1.29 is 22.6 Å². The van der Waals surface area contributed by atoms with Gasteiger partial charge in [0.25, 0.3) is 0 Å². The predicted molar refractivity (Wildman–Crippen MR) is 79.9 cm³/mol. The number of hydrogen-bond donors (Lipinski definition) is 0. The maximum absolute atomic E-state index is 13.5. The van der Waals surface area contributed by atoms with Gasteiger partial charge in [0.05, 0.1) is 24.3 Å². The highest BCUT2D eigenvalue weighted by molar-refractivity contribution is 5.60. The average Bonchev–Trinajstić information content (AvgIpc) is 2.58. The third-order valence-corrected chi connectivity index (χ3v) is 3.55. The first-order valence-corrected chi connectivity index (χ1v) is 7.47. The molecule has 0 amide bonds. The summed E-state index contributed by atoms with van der Waals surface area (Å²) in [5.74, 6) is -1.37. The van der Waals surface area contributed by atoms with Gasteiger partial charge in [-0.25, -0.2) is 9.37 Å². The molecule has 8 heteroatoms. The minimum absolute atomic E-state index is 0.455. The monoisotopic (exact) mass is 339 g/mol. The van der Waals surface area contributed by atoms with E-state index < -0.39 is 18.2 Å². The van der Waals surface area contributed by atoms with Crippen molar-refractivity contribution in [2.24, 2.45) is 0 Å². The summed E-state index contributed by atoms with van der Waals surface area (Å²) in [4.78, 5) is 10.7. The first kappa shape index (κ1) is 16.7. The Kier molecular flexibility index (Phi) is 5.27. The molecule has 0 saturated carbocycles. The van der Waals surface area contributed by atoms with E-state index in [1.807, 2.05) is 0 Å². The zero-order valence-corrected chi connectivity index (χ0v) is 12.8. The Bertz CT molecular complexity index is 694. The quantitative estimate of drug-likeness (QED) is 0.838. The van der Waals surface area contributed by atoms with E-state index in [0.717, 1.165) is 31.3 Å². The van der Waals surface area contributed by atoms with E-state index in [0.29, 0.717) is 24.5 Å². The first-order chi connectivity index (χ1) is 11.6. The van der Waals surface area contributed by atoms with Crippen LogP contribution in [0.2, 0.25) is 0 Å². The van der Waals surface area contributed by atoms with E-state index in [1.165, 1.54) is 18.3 Å². The van der Waals surface area contributed by atoms with Gasteiger partial charge in [-0.3, -0.25) is 9.88 Å². The van der Waals surface area contributed by atoms with Gasteiger partial charge in [-0.05, 0) is 24.6 Å². The summed E-state index contributed by atoms with van der Waals surface area (Å²) in [6, 6.07) is 3.71. The summed E-state index contributed by atoms with van der Waals surface area (Å²) in [7, 11) is 0. The summed E-state index contributed by atoms with van der Waals surface area (Å²) < 4.78 is 47.7. The fourth-order valence-electron chi connectivity index (χ4n) is 2.47. The van der Waals surface area contributed by atoms with Crippen LogP contribution in [0.1, 0.15) is 12.1 Å². The van der Waals surface area contributed by atoms with Gasteiger partial charge in [-0.1, -0.05) is 0 Å². The van der Waals surface area contributed by atoms with Gasteiger partial charge in [-0.15, -0.1) is 0 Å². The highest BCUT2D eigenvalue weighted by Gasteiger charge is 2.14. The standard InChI is InChI=1S/C16H16F3N3O2/c17-13-3-2-11(6-15(13)24-16(18)19)14-8-20-7-12(21-14)9-22-4-1-5-23-10-22/h2-3,6-8,16H,1,4-5,9-10H2. The summed E-state index contributed by atoms with van der Waals surface area (Å²) in [6.07, 6.45) is 4.09. The molecule has 0 radical (unpaired) electrons. The molecule has 1 aliphatic heterocycles. The fraction of sp³-hybridized carbons (Fsp3) is 0.375. The van der Waals surface area contributed by atoms with Crippen LogP contribution in [-0.4, -0.2) is 41.4 Å². The fourth-order valence-corrected chi connectivity index (χ4v) is 2.47. The van der Waals surface area contributed by atoms with Crippen molar-refractivity contribution in [3.05, 3.63) is 42.1 Å². The summed E-state index contributed by atoms with van der Waals surface area (Å²) in [5.41, 5.74) is 1.64. The number of hydrogen-bond acceptors (Lipinski definition) is 5. The zero-order valence-electron chi connectivity index (χ0n) is 12.8. The van der Waals surface area contributed by atoms with Crippen LogP contribution in [0.3, 0.4) is 0 Å². The van der Waals surface area contributed by atoms with Crippen LogP contribution < -0.4 is 4.74 Å². The second kappa shape index (κ2) is 7.59. The number of aromatic nitrogens is 2. The van der Waals surface area contributed by atoms with Crippen molar-refractivity contribution >= 4 is 0 Å². The average molecular weight is 339 g/mol. The largest absolute Gasteiger partial charge is 0.432 e. The smallest absolute Gasteiger partial charge is 0.387 e. The Balaban J connectivity index is 1.80. The van der Waals surface area contributed by atoms with E-state index in [-0.39, 0.29) is 0 Å². The number of rotatable bonds is 5. The molecular formula is C16H16F3N3O2. The van der Waals surface area contributed by atoms with E-state index in [4.69, 9.17) is 4.74 Å². The molecule has 1 aromatic carbocycles. The van der Waals surface area contributed by atoms with Crippen molar-refractivity contribution in [1.82, 2.24) is 14.9 Å². The van der Waals surface area contributed by atoms with Gasteiger partial charge < -0.3 is 9.47 Å². The Hall–Kier alpha value is -2.19. The number of ether oxygens (including phenoxy) is 2. The lowest BCUT2D eigenvalue weighted by atomic mass is 10.1. The van der Waals surface area contributed by atoms with Crippen molar-refractivity contribution in [1.29, 1.82) is 0 Å². The summed E-state index contributed by atoms with van der Waals surface area (Å²) in [6.45, 7) is -0.317. The molecule has 0 spiro atoms.